The van der Waals surface area contributed by atoms with Crippen LogP contribution in [0, 0.1) is 0 Å². The van der Waals surface area contributed by atoms with Crippen LogP contribution in [0.2, 0.25) is 0 Å². The van der Waals surface area contributed by atoms with Gasteiger partial charge in [-0.25, -0.2) is 4.98 Å². The predicted molar refractivity (Wildman–Crippen MR) is 121 cm³/mol. The fraction of sp³-hybridized carbons (Fsp3) is 0.286. The monoisotopic (exact) mass is 459 g/mol. The number of fused-ring (bicyclic) bond motifs is 1. The highest BCUT2D eigenvalue weighted by atomic mass is 32.2. The van der Waals surface area contributed by atoms with Crippen molar-refractivity contribution in [3.63, 3.8) is 0 Å². The van der Waals surface area contributed by atoms with Crippen molar-refractivity contribution in [2.24, 2.45) is 0 Å². The lowest BCUT2D eigenvalue weighted by Crippen LogP contribution is -2.31. The van der Waals surface area contributed by atoms with Gasteiger partial charge in [0.2, 0.25) is 0 Å². The number of hydrogen-bond acceptors (Lipinski definition) is 5. The molecule has 32 heavy (non-hydrogen) atoms. The van der Waals surface area contributed by atoms with Crippen LogP contribution in [-0.4, -0.2) is 47.4 Å². The van der Waals surface area contributed by atoms with Crippen LogP contribution >= 0.6 is 0 Å². The smallest absolute Gasteiger partial charge is 0.303 e. The lowest BCUT2D eigenvalue weighted by atomic mass is 10.1. The zero-order chi connectivity index (χ0) is 23.3. The zero-order valence-corrected chi connectivity index (χ0v) is 18.5. The van der Waals surface area contributed by atoms with Crippen LogP contribution in [-0.2, 0) is 15.0 Å². The minimum Gasteiger partial charge on any atom is -0.481 e. The number of carbonyl (C=O) groups is 2. The summed E-state index contributed by atoms with van der Waals surface area (Å²) in [6.07, 6.45) is 3.53. The van der Waals surface area contributed by atoms with Gasteiger partial charge >= 0.3 is 5.97 Å². The Balaban J connectivity index is 1.75. The summed E-state index contributed by atoms with van der Waals surface area (Å²) in [7, 11) is -3.84. The van der Waals surface area contributed by atoms with Gasteiger partial charge < -0.3 is 14.8 Å². The molecule has 170 valence electrons. The van der Waals surface area contributed by atoms with Gasteiger partial charge in [0.1, 0.15) is 5.65 Å². The van der Waals surface area contributed by atoms with E-state index >= 15 is 0 Å². The van der Waals surface area contributed by atoms with Crippen LogP contribution in [0.15, 0.2) is 48.8 Å². The van der Waals surface area contributed by atoms with Gasteiger partial charge in [-0.2, -0.15) is 13.1 Å². The average Bonchev–Trinajstić information content (AvgIpc) is 3.14. The molecule has 0 bridgehead atoms. The van der Waals surface area contributed by atoms with Crippen molar-refractivity contribution < 1.29 is 23.1 Å². The maximum absolute atomic E-state index is 12.2. The number of imidazole rings is 1. The number of anilines is 1. The molecule has 1 amide bonds. The topological polar surface area (TPSA) is 142 Å². The first-order valence-corrected chi connectivity index (χ1v) is 11.5. The molecule has 4 N–H and O–H groups in total. The van der Waals surface area contributed by atoms with E-state index in [1.807, 2.05) is 13.8 Å². The lowest BCUT2D eigenvalue weighted by molar-refractivity contribution is -0.137. The summed E-state index contributed by atoms with van der Waals surface area (Å²) in [5.41, 5.74) is 2.79. The molecule has 0 saturated carbocycles. The number of aliphatic carboxylic acids is 1. The Morgan fingerprint density at radius 2 is 1.94 bits per heavy atom. The van der Waals surface area contributed by atoms with Gasteiger partial charge in [-0.3, -0.25) is 14.3 Å². The molecule has 0 fully saturated rings. The molecule has 0 aliphatic rings. The molecule has 3 aromatic rings. The Kier molecular flexibility index (Phi) is 7.11. The number of carboxylic acid groups (broad SMARTS) is 1. The fourth-order valence-corrected chi connectivity index (χ4v) is 3.91. The molecule has 0 saturated heterocycles. The van der Waals surface area contributed by atoms with Crippen LogP contribution < -0.4 is 14.8 Å². The highest BCUT2D eigenvalue weighted by Gasteiger charge is 2.13. The van der Waals surface area contributed by atoms with Crippen molar-refractivity contribution in [2.45, 2.75) is 32.7 Å². The summed E-state index contributed by atoms with van der Waals surface area (Å²) in [5, 5.41) is 11.5. The minimum atomic E-state index is -3.84. The summed E-state index contributed by atoms with van der Waals surface area (Å²) in [6.45, 7) is 3.79. The summed E-state index contributed by atoms with van der Waals surface area (Å²) in [4.78, 5) is 27.3. The largest absolute Gasteiger partial charge is 0.481 e. The number of aromatic nitrogens is 2. The summed E-state index contributed by atoms with van der Waals surface area (Å²) in [5.74, 6) is -1.16. The second-order valence-electron chi connectivity index (χ2n) is 7.52. The molecule has 1 aromatic carbocycles. The number of amides is 1. The van der Waals surface area contributed by atoms with Crippen molar-refractivity contribution >= 4 is 33.4 Å². The Bertz CT molecular complexity index is 1240. The minimum absolute atomic E-state index is 0.0144. The van der Waals surface area contributed by atoms with E-state index in [0.29, 0.717) is 28.2 Å². The van der Waals surface area contributed by atoms with Gasteiger partial charge in [0, 0.05) is 37.0 Å². The van der Waals surface area contributed by atoms with E-state index in [2.05, 4.69) is 19.7 Å². The third-order valence-corrected chi connectivity index (χ3v) is 5.49. The van der Waals surface area contributed by atoms with Crippen molar-refractivity contribution in [1.29, 1.82) is 0 Å². The highest BCUT2D eigenvalue weighted by molar-refractivity contribution is 7.90. The van der Waals surface area contributed by atoms with E-state index < -0.39 is 16.2 Å². The SMILES string of the molecule is CC(C)NC(=O)c1ccc2nc(-c3cccc(NS(=O)(=O)NCCCC(=O)O)c3)cn2c1. The standard InChI is InChI=1S/C21H25N5O5S/c1-14(2)23-21(29)16-8-9-19-24-18(13-26(19)12-16)15-5-3-6-17(11-15)25-32(30,31)22-10-4-7-20(27)28/h3,5-6,8-9,11-14,22,25H,4,7,10H2,1-2H3,(H,23,29)(H,27,28). The molecule has 0 atom stereocenters. The van der Waals surface area contributed by atoms with E-state index in [1.54, 1.807) is 53.2 Å². The molecule has 0 unspecified atom stereocenters. The molecule has 11 heteroatoms. The zero-order valence-electron chi connectivity index (χ0n) is 17.7. The molecule has 10 nitrogen and oxygen atoms in total. The molecule has 2 heterocycles. The molecule has 2 aromatic heterocycles. The highest BCUT2D eigenvalue weighted by Crippen LogP contribution is 2.23. The van der Waals surface area contributed by atoms with Gasteiger partial charge in [-0.05, 0) is 44.5 Å². The van der Waals surface area contributed by atoms with E-state index in [0.717, 1.165) is 0 Å². The quantitative estimate of drug-likeness (QED) is 0.343. The Morgan fingerprint density at radius 3 is 2.66 bits per heavy atom. The van der Waals surface area contributed by atoms with Crippen LogP contribution in [0.3, 0.4) is 0 Å². The number of nitrogens with zero attached hydrogens (tertiary/aromatic N) is 2. The number of nitrogens with one attached hydrogen (secondary N) is 3. The first kappa shape index (κ1) is 23.2. The third kappa shape index (κ3) is 6.28. The van der Waals surface area contributed by atoms with Crippen LogP contribution in [0.5, 0.6) is 0 Å². The number of benzene rings is 1. The van der Waals surface area contributed by atoms with Crippen LogP contribution in [0.4, 0.5) is 5.69 Å². The number of pyridine rings is 1. The van der Waals surface area contributed by atoms with Gasteiger partial charge in [-0.15, -0.1) is 0 Å². The van der Waals surface area contributed by atoms with E-state index in [4.69, 9.17) is 5.11 Å². The molecule has 0 aliphatic carbocycles. The van der Waals surface area contributed by atoms with Crippen LogP contribution in [0.25, 0.3) is 16.9 Å². The Morgan fingerprint density at radius 1 is 1.16 bits per heavy atom. The fourth-order valence-electron chi connectivity index (χ4n) is 2.99. The van der Waals surface area contributed by atoms with Gasteiger partial charge in [-0.1, -0.05) is 12.1 Å². The number of carbonyl (C=O) groups excluding carboxylic acids is 1. The molecular weight excluding hydrogens is 434 g/mol. The molecular formula is C21H25N5O5S. The van der Waals surface area contributed by atoms with Crippen molar-refractivity contribution in [3.05, 3.63) is 54.4 Å². The number of hydrogen-bond donors (Lipinski definition) is 4. The number of carboxylic acids is 1. The number of rotatable bonds is 10. The summed E-state index contributed by atoms with van der Waals surface area (Å²) >= 11 is 0. The van der Waals surface area contributed by atoms with Gasteiger partial charge in [0.15, 0.2) is 0 Å². The van der Waals surface area contributed by atoms with Crippen LogP contribution in [0.1, 0.15) is 37.0 Å². The van der Waals surface area contributed by atoms with E-state index in [-0.39, 0.29) is 31.3 Å². The predicted octanol–water partition coefficient (Wildman–Crippen LogP) is 2.25. The van der Waals surface area contributed by atoms with Crippen molar-refractivity contribution in [3.8, 4) is 11.3 Å². The maximum atomic E-state index is 12.2. The van der Waals surface area contributed by atoms with Gasteiger partial charge in [0.25, 0.3) is 16.1 Å². The third-order valence-electron chi connectivity index (χ3n) is 4.40. The Labute approximate surface area is 185 Å². The summed E-state index contributed by atoms with van der Waals surface area (Å²) in [6, 6.07) is 10.2. The second kappa shape index (κ2) is 9.79. The average molecular weight is 460 g/mol. The second-order valence-corrected chi connectivity index (χ2v) is 9.02. The van der Waals surface area contributed by atoms with Crippen molar-refractivity contribution in [1.82, 2.24) is 19.4 Å². The molecule has 0 aliphatic heterocycles. The van der Waals surface area contributed by atoms with E-state index in [1.165, 1.54) is 0 Å². The molecule has 0 radical (unpaired) electrons. The normalized spacial score (nSPS) is 11.6. The first-order chi connectivity index (χ1) is 15.1. The molecule has 3 rings (SSSR count). The molecule has 0 spiro atoms. The maximum Gasteiger partial charge on any atom is 0.303 e. The van der Waals surface area contributed by atoms with Crippen molar-refractivity contribution in [2.75, 3.05) is 11.3 Å². The lowest BCUT2D eigenvalue weighted by Gasteiger charge is -2.09. The summed E-state index contributed by atoms with van der Waals surface area (Å²) < 4.78 is 30.8. The van der Waals surface area contributed by atoms with Gasteiger partial charge in [0.05, 0.1) is 16.9 Å². The van der Waals surface area contributed by atoms with E-state index in [9.17, 15) is 18.0 Å². The Hall–Kier alpha value is -3.44. The first-order valence-electron chi connectivity index (χ1n) is 10.0.